The van der Waals surface area contributed by atoms with E-state index in [1.54, 1.807) is 0 Å². The molecule has 5 nitrogen and oxygen atoms in total. The van der Waals surface area contributed by atoms with Crippen LogP contribution in [0.4, 0.5) is 0 Å². The van der Waals surface area contributed by atoms with Gasteiger partial charge in [0.2, 0.25) is 5.91 Å². The van der Waals surface area contributed by atoms with Gasteiger partial charge >= 0.3 is 0 Å². The SMILES string of the molecule is CCNC(=NCCCC(=O)NC1CC1)N1CCC(c2ccccc2)C1. The first-order valence-electron chi connectivity index (χ1n) is 9.64. The number of guanidine groups is 1. The Kier molecular flexibility index (Phi) is 6.31. The Labute approximate surface area is 150 Å². The molecule has 136 valence electrons. The second-order valence-electron chi connectivity index (χ2n) is 7.02. The Morgan fingerprint density at radius 1 is 1.24 bits per heavy atom. The van der Waals surface area contributed by atoms with Crippen molar-refractivity contribution < 1.29 is 4.79 Å². The number of benzene rings is 1. The number of nitrogens with zero attached hydrogens (tertiary/aromatic N) is 2. The number of likely N-dealkylation sites (tertiary alicyclic amines) is 1. The lowest BCUT2D eigenvalue weighted by Gasteiger charge is -2.21. The molecule has 2 fully saturated rings. The summed E-state index contributed by atoms with van der Waals surface area (Å²) in [6.45, 7) is 5.72. The van der Waals surface area contributed by atoms with Gasteiger partial charge in [-0.15, -0.1) is 0 Å². The Morgan fingerprint density at radius 2 is 2.04 bits per heavy atom. The van der Waals surface area contributed by atoms with Gasteiger partial charge in [-0.05, 0) is 38.2 Å². The molecule has 1 heterocycles. The highest BCUT2D eigenvalue weighted by Crippen LogP contribution is 2.26. The summed E-state index contributed by atoms with van der Waals surface area (Å²) >= 11 is 0. The van der Waals surface area contributed by atoms with E-state index < -0.39 is 0 Å². The zero-order valence-corrected chi connectivity index (χ0v) is 15.2. The molecule has 0 bridgehead atoms. The maximum absolute atomic E-state index is 11.7. The predicted octanol–water partition coefficient (Wildman–Crippen LogP) is 2.50. The van der Waals surface area contributed by atoms with Crippen LogP contribution < -0.4 is 10.6 Å². The van der Waals surface area contributed by atoms with E-state index in [-0.39, 0.29) is 5.91 Å². The molecular weight excluding hydrogens is 312 g/mol. The van der Waals surface area contributed by atoms with E-state index in [0.29, 0.717) is 24.9 Å². The fourth-order valence-corrected chi connectivity index (χ4v) is 3.33. The Morgan fingerprint density at radius 3 is 2.76 bits per heavy atom. The summed E-state index contributed by atoms with van der Waals surface area (Å²) in [6.07, 6.45) is 4.84. The molecule has 1 aliphatic carbocycles. The Bertz CT molecular complexity index is 583. The van der Waals surface area contributed by atoms with E-state index in [9.17, 15) is 4.79 Å². The maximum Gasteiger partial charge on any atom is 0.220 e. The molecule has 1 saturated carbocycles. The van der Waals surface area contributed by atoms with Crippen molar-refractivity contribution in [2.45, 2.75) is 51.0 Å². The van der Waals surface area contributed by atoms with Crippen molar-refractivity contribution in [3.63, 3.8) is 0 Å². The molecule has 2 aliphatic rings. The monoisotopic (exact) mass is 342 g/mol. The summed E-state index contributed by atoms with van der Waals surface area (Å²) in [4.78, 5) is 18.8. The summed E-state index contributed by atoms with van der Waals surface area (Å²) in [6, 6.07) is 11.2. The van der Waals surface area contributed by atoms with Gasteiger partial charge in [-0.1, -0.05) is 30.3 Å². The molecule has 1 aromatic rings. The molecule has 5 heteroatoms. The third kappa shape index (κ3) is 5.48. The van der Waals surface area contributed by atoms with Crippen molar-refractivity contribution in [3.05, 3.63) is 35.9 Å². The van der Waals surface area contributed by atoms with Crippen molar-refractivity contribution in [1.82, 2.24) is 15.5 Å². The average molecular weight is 342 g/mol. The largest absolute Gasteiger partial charge is 0.357 e. The van der Waals surface area contributed by atoms with E-state index in [1.807, 2.05) is 0 Å². The highest BCUT2D eigenvalue weighted by Gasteiger charge is 2.26. The summed E-state index contributed by atoms with van der Waals surface area (Å²) in [7, 11) is 0. The van der Waals surface area contributed by atoms with Crippen LogP contribution in [0.3, 0.4) is 0 Å². The summed E-state index contributed by atoms with van der Waals surface area (Å²) in [5.74, 6) is 1.74. The van der Waals surface area contributed by atoms with Crippen molar-refractivity contribution in [2.75, 3.05) is 26.2 Å². The molecule has 25 heavy (non-hydrogen) atoms. The summed E-state index contributed by atoms with van der Waals surface area (Å²) in [5, 5.41) is 6.44. The fourth-order valence-electron chi connectivity index (χ4n) is 3.33. The van der Waals surface area contributed by atoms with Crippen LogP contribution in [-0.4, -0.2) is 49.0 Å². The van der Waals surface area contributed by atoms with Crippen LogP contribution in [0.15, 0.2) is 35.3 Å². The van der Waals surface area contributed by atoms with Crippen molar-refractivity contribution in [3.8, 4) is 0 Å². The Hall–Kier alpha value is -2.04. The van der Waals surface area contributed by atoms with Crippen LogP contribution in [0.2, 0.25) is 0 Å². The van der Waals surface area contributed by atoms with Gasteiger partial charge in [0.05, 0.1) is 0 Å². The number of amides is 1. The van der Waals surface area contributed by atoms with Gasteiger partial charge in [0, 0.05) is 44.6 Å². The first-order valence-corrected chi connectivity index (χ1v) is 9.64. The van der Waals surface area contributed by atoms with Gasteiger partial charge in [0.25, 0.3) is 0 Å². The number of aliphatic imine (C=N–C) groups is 1. The standard InChI is InChI=1S/C20H30N4O/c1-2-21-20(22-13-6-9-19(25)23-18-10-11-18)24-14-12-17(15-24)16-7-4-3-5-8-16/h3-5,7-8,17-18H,2,6,9-15H2,1H3,(H,21,22)(H,23,25). The molecule has 1 amide bonds. The number of hydrogen-bond donors (Lipinski definition) is 2. The molecule has 0 radical (unpaired) electrons. The van der Waals surface area contributed by atoms with Crippen LogP contribution in [0.25, 0.3) is 0 Å². The Balaban J connectivity index is 1.47. The number of nitrogens with one attached hydrogen (secondary N) is 2. The normalized spacial score (nSPS) is 20.6. The van der Waals surface area contributed by atoms with Crippen LogP contribution in [-0.2, 0) is 4.79 Å². The average Bonchev–Trinajstić information content (AvgIpc) is 3.30. The lowest BCUT2D eigenvalue weighted by molar-refractivity contribution is -0.121. The van der Waals surface area contributed by atoms with Crippen LogP contribution in [0.5, 0.6) is 0 Å². The molecule has 0 spiro atoms. The molecule has 1 aromatic carbocycles. The molecule has 1 saturated heterocycles. The van der Waals surface area contributed by atoms with Crippen LogP contribution >= 0.6 is 0 Å². The molecule has 0 aromatic heterocycles. The number of hydrogen-bond acceptors (Lipinski definition) is 2. The predicted molar refractivity (Wildman–Crippen MR) is 102 cm³/mol. The first-order chi connectivity index (χ1) is 12.3. The fraction of sp³-hybridized carbons (Fsp3) is 0.600. The lowest BCUT2D eigenvalue weighted by Crippen LogP contribution is -2.40. The summed E-state index contributed by atoms with van der Waals surface area (Å²) in [5.41, 5.74) is 1.41. The van der Waals surface area contributed by atoms with Gasteiger partial charge in [-0.2, -0.15) is 0 Å². The van der Waals surface area contributed by atoms with Crippen LogP contribution in [0, 0.1) is 0 Å². The molecule has 1 unspecified atom stereocenters. The van der Waals surface area contributed by atoms with Crippen molar-refractivity contribution in [2.24, 2.45) is 4.99 Å². The molecule has 3 rings (SSSR count). The van der Waals surface area contributed by atoms with E-state index in [0.717, 1.165) is 51.3 Å². The van der Waals surface area contributed by atoms with E-state index >= 15 is 0 Å². The smallest absolute Gasteiger partial charge is 0.220 e. The third-order valence-corrected chi connectivity index (χ3v) is 4.86. The number of rotatable bonds is 7. The van der Waals surface area contributed by atoms with Gasteiger partial charge in [0.15, 0.2) is 5.96 Å². The minimum absolute atomic E-state index is 0.174. The van der Waals surface area contributed by atoms with Gasteiger partial charge in [-0.3, -0.25) is 9.79 Å². The van der Waals surface area contributed by atoms with Gasteiger partial charge in [0.1, 0.15) is 0 Å². The van der Waals surface area contributed by atoms with Crippen molar-refractivity contribution in [1.29, 1.82) is 0 Å². The quantitative estimate of drug-likeness (QED) is 0.455. The molecule has 2 N–H and O–H groups in total. The number of carbonyl (C=O) groups is 1. The lowest BCUT2D eigenvalue weighted by atomic mass is 9.99. The topological polar surface area (TPSA) is 56.7 Å². The van der Waals surface area contributed by atoms with E-state index in [2.05, 4.69) is 52.8 Å². The van der Waals surface area contributed by atoms with Crippen LogP contribution in [0.1, 0.15) is 50.5 Å². The second kappa shape index (κ2) is 8.88. The zero-order chi connectivity index (χ0) is 17.5. The highest BCUT2D eigenvalue weighted by atomic mass is 16.1. The van der Waals surface area contributed by atoms with E-state index in [1.165, 1.54) is 5.56 Å². The first kappa shape index (κ1) is 17.8. The van der Waals surface area contributed by atoms with E-state index in [4.69, 9.17) is 4.99 Å². The maximum atomic E-state index is 11.7. The third-order valence-electron chi connectivity index (χ3n) is 4.86. The molecule has 1 aliphatic heterocycles. The van der Waals surface area contributed by atoms with Gasteiger partial charge in [-0.25, -0.2) is 0 Å². The summed E-state index contributed by atoms with van der Waals surface area (Å²) < 4.78 is 0. The molecule has 1 atom stereocenters. The minimum Gasteiger partial charge on any atom is -0.357 e. The second-order valence-corrected chi connectivity index (χ2v) is 7.02. The zero-order valence-electron chi connectivity index (χ0n) is 15.2. The van der Waals surface area contributed by atoms with Gasteiger partial charge < -0.3 is 15.5 Å². The molecular formula is C20H30N4O. The highest BCUT2D eigenvalue weighted by molar-refractivity contribution is 5.80. The van der Waals surface area contributed by atoms with Crippen molar-refractivity contribution >= 4 is 11.9 Å². The number of carbonyl (C=O) groups excluding carboxylic acids is 1. The minimum atomic E-state index is 0.174.